The van der Waals surface area contributed by atoms with E-state index in [1.807, 2.05) is 0 Å². The van der Waals surface area contributed by atoms with Crippen molar-refractivity contribution in [2.24, 2.45) is 0 Å². The van der Waals surface area contributed by atoms with Crippen LogP contribution in [0.3, 0.4) is 0 Å². The molecule has 0 bridgehead atoms. The lowest BCUT2D eigenvalue weighted by Crippen LogP contribution is -2.39. The zero-order chi connectivity index (χ0) is 10.2. The Kier molecular flexibility index (Phi) is 8.00. The molecule has 80 valence electrons. The topological polar surface area (TPSA) is 12.0 Å². The van der Waals surface area contributed by atoms with Crippen molar-refractivity contribution in [1.82, 2.24) is 5.09 Å². The van der Waals surface area contributed by atoms with E-state index >= 15 is 0 Å². The van der Waals surface area contributed by atoms with Gasteiger partial charge in [-0.25, -0.2) is 0 Å². The first kappa shape index (κ1) is 13.4. The maximum absolute atomic E-state index is 3.47. The van der Waals surface area contributed by atoms with E-state index < -0.39 is 0 Å². The molecule has 0 saturated heterocycles. The predicted octanol–water partition coefficient (Wildman–Crippen LogP) is 3.90. The van der Waals surface area contributed by atoms with Gasteiger partial charge < -0.3 is 0 Å². The van der Waals surface area contributed by atoms with Gasteiger partial charge in [0.1, 0.15) is 0 Å². The first-order chi connectivity index (χ1) is 6.24. The zero-order valence-electron chi connectivity index (χ0n) is 9.53. The fourth-order valence-corrected chi connectivity index (χ4v) is 2.50. The average Bonchev–Trinajstić information content (AvgIpc) is 2.15. The highest BCUT2D eigenvalue weighted by molar-refractivity contribution is 7.13. The molecule has 0 aliphatic heterocycles. The molecule has 13 heavy (non-hydrogen) atoms. The highest BCUT2D eigenvalue weighted by Gasteiger charge is 2.24. The lowest BCUT2D eigenvalue weighted by molar-refractivity contribution is 0.300. The van der Waals surface area contributed by atoms with Gasteiger partial charge in [0.05, 0.1) is 0 Å². The Balaban J connectivity index is 4.07. The van der Waals surface area contributed by atoms with Crippen molar-refractivity contribution >= 4 is 9.39 Å². The summed E-state index contributed by atoms with van der Waals surface area (Å²) in [6, 6.07) is 0. The summed E-state index contributed by atoms with van der Waals surface area (Å²) in [4.78, 5) is 0. The molecule has 0 aromatic heterocycles. The van der Waals surface area contributed by atoms with Gasteiger partial charge >= 0.3 is 0 Å². The molecule has 0 radical (unpaired) electrons. The molecule has 0 aromatic rings. The van der Waals surface area contributed by atoms with Crippen molar-refractivity contribution in [3.63, 3.8) is 0 Å². The van der Waals surface area contributed by atoms with Crippen LogP contribution < -0.4 is 5.09 Å². The number of hydrogen-bond donors (Lipinski definition) is 1. The van der Waals surface area contributed by atoms with Gasteiger partial charge in [-0.3, -0.25) is 5.09 Å². The lowest BCUT2D eigenvalue weighted by Gasteiger charge is -2.33. The number of rotatable bonds is 8. The van der Waals surface area contributed by atoms with Crippen LogP contribution >= 0.6 is 9.39 Å². The number of nitrogens with one attached hydrogen (secondary N) is 1. The number of unbranched alkanes of at least 4 members (excludes halogenated alkanes) is 1. The van der Waals surface area contributed by atoms with Crippen LogP contribution in [-0.2, 0) is 0 Å². The Morgan fingerprint density at radius 2 is 1.46 bits per heavy atom. The van der Waals surface area contributed by atoms with E-state index in [-0.39, 0.29) is 0 Å². The van der Waals surface area contributed by atoms with Crippen LogP contribution in [0.15, 0.2) is 0 Å². The first-order valence-corrected chi connectivity index (χ1v) is 6.30. The Morgan fingerprint density at radius 3 is 1.77 bits per heavy atom. The second-order valence-corrected chi connectivity index (χ2v) is 4.32. The van der Waals surface area contributed by atoms with E-state index in [2.05, 4.69) is 35.2 Å². The Hall–Kier alpha value is 0.390. The fraction of sp³-hybridized carbons (Fsp3) is 1.00. The molecule has 0 saturated carbocycles. The minimum absolute atomic E-state index is 0.407. The summed E-state index contributed by atoms with van der Waals surface area (Å²) in [5.41, 5.74) is 0.407. The second-order valence-electron chi connectivity index (χ2n) is 4.03. The maximum atomic E-state index is 3.47. The third-order valence-corrected chi connectivity index (χ3v) is 3.38. The molecule has 0 aromatic carbocycles. The highest BCUT2D eigenvalue weighted by atomic mass is 31.0. The summed E-state index contributed by atoms with van der Waals surface area (Å²) in [5.74, 6) is 0. The normalized spacial score (nSPS) is 12.0. The van der Waals surface area contributed by atoms with Gasteiger partial charge in [0.25, 0.3) is 0 Å². The SMILES string of the molecule is CCCCC(CCC)(CCC)NP. The van der Waals surface area contributed by atoms with Crippen molar-refractivity contribution in [3.8, 4) is 0 Å². The quantitative estimate of drug-likeness (QED) is 0.590. The largest absolute Gasteiger partial charge is 0.295 e. The van der Waals surface area contributed by atoms with Gasteiger partial charge in [-0.2, -0.15) is 0 Å². The molecule has 1 nitrogen and oxygen atoms in total. The molecule has 0 rings (SSSR count). The lowest BCUT2D eigenvalue weighted by atomic mass is 9.85. The van der Waals surface area contributed by atoms with Gasteiger partial charge in [0, 0.05) is 5.54 Å². The Bertz CT molecular complexity index is 109. The molecular formula is C11H26NP. The predicted molar refractivity (Wildman–Crippen MR) is 64.9 cm³/mol. The van der Waals surface area contributed by atoms with Crippen LogP contribution in [0.25, 0.3) is 0 Å². The molecule has 0 amide bonds. The van der Waals surface area contributed by atoms with Crippen molar-refractivity contribution < 1.29 is 0 Å². The summed E-state index contributed by atoms with van der Waals surface area (Å²) in [7, 11) is 2.72. The third-order valence-electron chi connectivity index (χ3n) is 2.77. The fourth-order valence-electron chi connectivity index (χ4n) is 2.06. The molecule has 0 aliphatic carbocycles. The van der Waals surface area contributed by atoms with Crippen LogP contribution in [-0.4, -0.2) is 5.54 Å². The van der Waals surface area contributed by atoms with Gasteiger partial charge in [0.2, 0.25) is 0 Å². The molecule has 0 heterocycles. The Morgan fingerprint density at radius 1 is 0.923 bits per heavy atom. The van der Waals surface area contributed by atoms with E-state index in [0.29, 0.717) is 5.54 Å². The zero-order valence-corrected chi connectivity index (χ0v) is 10.7. The summed E-state index contributed by atoms with van der Waals surface area (Å²) in [6.07, 6.45) is 9.17. The summed E-state index contributed by atoms with van der Waals surface area (Å²) in [6.45, 7) is 6.82. The van der Waals surface area contributed by atoms with Gasteiger partial charge in [-0.15, -0.1) is 0 Å². The van der Waals surface area contributed by atoms with Crippen LogP contribution in [0.2, 0.25) is 0 Å². The van der Waals surface area contributed by atoms with E-state index in [4.69, 9.17) is 0 Å². The van der Waals surface area contributed by atoms with Crippen LogP contribution in [0.1, 0.15) is 65.7 Å². The Labute approximate surface area is 86.3 Å². The molecular weight excluding hydrogens is 177 g/mol. The van der Waals surface area contributed by atoms with Gasteiger partial charge in [0.15, 0.2) is 0 Å². The van der Waals surface area contributed by atoms with Gasteiger partial charge in [-0.1, -0.05) is 55.8 Å². The maximum Gasteiger partial charge on any atom is 0.0213 e. The van der Waals surface area contributed by atoms with Crippen molar-refractivity contribution in [2.75, 3.05) is 0 Å². The van der Waals surface area contributed by atoms with Crippen molar-refractivity contribution in [2.45, 2.75) is 71.3 Å². The third kappa shape index (κ3) is 4.98. The number of hydrogen-bond acceptors (Lipinski definition) is 1. The molecule has 1 N–H and O–H groups in total. The van der Waals surface area contributed by atoms with E-state index in [0.717, 1.165) is 0 Å². The smallest absolute Gasteiger partial charge is 0.0213 e. The van der Waals surface area contributed by atoms with Crippen LogP contribution in [0, 0.1) is 0 Å². The molecule has 0 aliphatic rings. The van der Waals surface area contributed by atoms with Crippen molar-refractivity contribution in [3.05, 3.63) is 0 Å². The average molecular weight is 203 g/mol. The minimum Gasteiger partial charge on any atom is -0.295 e. The standard InChI is InChI=1S/C11H26NP/c1-4-7-10-11(12-13,8-5-2)9-6-3/h12H,4-10,13H2,1-3H3. The molecule has 2 heteroatoms. The minimum atomic E-state index is 0.407. The first-order valence-electron chi connectivity index (χ1n) is 5.72. The summed E-state index contributed by atoms with van der Waals surface area (Å²) >= 11 is 0. The van der Waals surface area contributed by atoms with Crippen LogP contribution in [0.5, 0.6) is 0 Å². The van der Waals surface area contributed by atoms with E-state index in [9.17, 15) is 0 Å². The molecule has 0 fully saturated rings. The monoisotopic (exact) mass is 203 g/mol. The van der Waals surface area contributed by atoms with Crippen molar-refractivity contribution in [1.29, 1.82) is 0 Å². The van der Waals surface area contributed by atoms with Gasteiger partial charge in [-0.05, 0) is 19.3 Å². The van der Waals surface area contributed by atoms with E-state index in [1.165, 1.54) is 44.9 Å². The molecule has 0 spiro atoms. The van der Waals surface area contributed by atoms with E-state index in [1.54, 1.807) is 0 Å². The molecule has 1 atom stereocenters. The van der Waals surface area contributed by atoms with Crippen LogP contribution in [0.4, 0.5) is 0 Å². The highest BCUT2D eigenvalue weighted by Crippen LogP contribution is 2.27. The molecule has 1 unspecified atom stereocenters. The second kappa shape index (κ2) is 7.76. The summed E-state index contributed by atoms with van der Waals surface area (Å²) < 4.78 is 0. The summed E-state index contributed by atoms with van der Waals surface area (Å²) in [5, 5.41) is 3.47.